The van der Waals surface area contributed by atoms with Crippen LogP contribution in [0.3, 0.4) is 0 Å². The lowest BCUT2D eigenvalue weighted by molar-refractivity contribution is -0.179. The number of hydrogen-bond donors (Lipinski definition) is 2. The zero-order chi connectivity index (χ0) is 19.1. The van der Waals surface area contributed by atoms with Gasteiger partial charge in [-0.25, -0.2) is 4.39 Å². The van der Waals surface area contributed by atoms with E-state index < -0.39 is 17.6 Å². The third-order valence-electron chi connectivity index (χ3n) is 6.12. The molecule has 0 amide bonds. The van der Waals surface area contributed by atoms with E-state index in [4.69, 9.17) is 11.5 Å². The van der Waals surface area contributed by atoms with Gasteiger partial charge in [0.05, 0.1) is 11.6 Å². The molecule has 1 heterocycles. The zero-order valence-corrected chi connectivity index (χ0v) is 15.1. The predicted molar refractivity (Wildman–Crippen MR) is 94.4 cm³/mol. The Morgan fingerprint density at radius 2 is 1.65 bits per heavy atom. The molecule has 2 aliphatic rings. The first kappa shape index (κ1) is 19.4. The van der Waals surface area contributed by atoms with E-state index in [9.17, 15) is 13.2 Å². The molecule has 0 spiro atoms. The van der Waals surface area contributed by atoms with Gasteiger partial charge in [0, 0.05) is 24.7 Å². The number of alkyl halides is 3. The number of nitrogens with two attached hydrogens (primary N) is 2. The normalized spacial score (nSPS) is 28.4. The number of anilines is 1. The maximum atomic E-state index is 15.0. The molecule has 4 N–H and O–H groups in total. The van der Waals surface area contributed by atoms with Crippen LogP contribution in [-0.2, 0) is 5.54 Å². The van der Waals surface area contributed by atoms with Gasteiger partial charge in [0.15, 0.2) is 0 Å². The highest BCUT2D eigenvalue weighted by atomic mass is 19.4. The van der Waals surface area contributed by atoms with Crippen LogP contribution in [0.4, 0.5) is 23.2 Å². The van der Waals surface area contributed by atoms with Crippen LogP contribution < -0.4 is 16.4 Å². The van der Waals surface area contributed by atoms with Crippen LogP contribution in [0.25, 0.3) is 0 Å². The second kappa shape index (κ2) is 7.00. The molecule has 7 heteroatoms. The van der Waals surface area contributed by atoms with Crippen LogP contribution in [0.15, 0.2) is 12.1 Å². The molecule has 0 unspecified atom stereocenters. The van der Waals surface area contributed by atoms with Crippen LogP contribution >= 0.6 is 0 Å². The monoisotopic (exact) mass is 373 g/mol. The molecular formula is C19H27F4N3. The molecule has 3 rings (SSSR count). The van der Waals surface area contributed by atoms with Crippen molar-refractivity contribution in [2.75, 3.05) is 18.0 Å². The summed E-state index contributed by atoms with van der Waals surface area (Å²) in [5.74, 6) is -1.66. The summed E-state index contributed by atoms with van der Waals surface area (Å²) in [6, 6.07) is 3.67. The number of halogens is 4. The van der Waals surface area contributed by atoms with Gasteiger partial charge in [-0.1, -0.05) is 6.07 Å². The average molecular weight is 373 g/mol. The fourth-order valence-electron chi connectivity index (χ4n) is 4.33. The summed E-state index contributed by atoms with van der Waals surface area (Å²) in [7, 11) is 0. The molecule has 0 aromatic heterocycles. The van der Waals surface area contributed by atoms with E-state index in [2.05, 4.69) is 0 Å². The summed E-state index contributed by atoms with van der Waals surface area (Å²) in [4.78, 5) is 1.72. The first-order chi connectivity index (χ1) is 12.1. The SMILES string of the molecule is Cc1c(C2(N)CCC(N)CC2)ccc(N2CCC(C(F)(F)F)CC2)c1F. The van der Waals surface area contributed by atoms with Gasteiger partial charge in [-0.3, -0.25) is 0 Å². The molecular weight excluding hydrogens is 346 g/mol. The summed E-state index contributed by atoms with van der Waals surface area (Å²) in [5.41, 5.74) is 13.6. The lowest BCUT2D eigenvalue weighted by Gasteiger charge is -2.39. The Kier molecular flexibility index (Phi) is 5.23. The van der Waals surface area contributed by atoms with Crippen LogP contribution in [0.2, 0.25) is 0 Å². The van der Waals surface area contributed by atoms with E-state index in [1.54, 1.807) is 17.9 Å². The van der Waals surface area contributed by atoms with Crippen LogP contribution in [0.5, 0.6) is 0 Å². The maximum Gasteiger partial charge on any atom is 0.391 e. The smallest absolute Gasteiger partial charge is 0.369 e. The minimum atomic E-state index is -4.17. The lowest BCUT2D eigenvalue weighted by Crippen LogP contribution is -2.44. The highest BCUT2D eigenvalue weighted by Gasteiger charge is 2.41. The van der Waals surface area contributed by atoms with Gasteiger partial charge in [-0.15, -0.1) is 0 Å². The largest absolute Gasteiger partial charge is 0.391 e. The second-order valence-corrected chi connectivity index (χ2v) is 7.87. The standard InChI is InChI=1S/C19H27F4N3/c1-12-15(18(25)8-4-14(24)5-9-18)2-3-16(17(12)20)26-10-6-13(7-11-26)19(21,22)23/h2-3,13-14H,4-11,24-25H2,1H3. The van der Waals surface area contributed by atoms with Crippen LogP contribution in [0.1, 0.15) is 49.7 Å². The average Bonchev–Trinajstić information content (AvgIpc) is 2.59. The van der Waals surface area contributed by atoms with Gasteiger partial charge in [0.2, 0.25) is 0 Å². The lowest BCUT2D eigenvalue weighted by atomic mass is 9.74. The number of hydrogen-bond acceptors (Lipinski definition) is 3. The second-order valence-electron chi connectivity index (χ2n) is 7.87. The summed E-state index contributed by atoms with van der Waals surface area (Å²) in [6.45, 7) is 2.13. The molecule has 1 saturated heterocycles. The van der Waals surface area contributed by atoms with Gasteiger partial charge in [-0.05, 0) is 62.6 Å². The molecule has 1 aliphatic carbocycles. The third kappa shape index (κ3) is 3.69. The van der Waals surface area contributed by atoms with E-state index >= 15 is 4.39 Å². The quantitative estimate of drug-likeness (QED) is 0.772. The molecule has 0 radical (unpaired) electrons. The molecule has 1 saturated carbocycles. The molecule has 2 fully saturated rings. The minimum Gasteiger partial charge on any atom is -0.369 e. The van der Waals surface area contributed by atoms with E-state index in [1.807, 2.05) is 6.07 Å². The number of piperidine rings is 1. The van der Waals surface area contributed by atoms with Crippen molar-refractivity contribution in [1.29, 1.82) is 0 Å². The van der Waals surface area contributed by atoms with Gasteiger partial charge in [-0.2, -0.15) is 13.2 Å². The Morgan fingerprint density at radius 1 is 1.08 bits per heavy atom. The van der Waals surface area contributed by atoms with E-state index in [0.29, 0.717) is 24.1 Å². The Balaban J connectivity index is 1.78. The molecule has 1 aromatic carbocycles. The van der Waals surface area contributed by atoms with Gasteiger partial charge >= 0.3 is 6.18 Å². The fourth-order valence-corrected chi connectivity index (χ4v) is 4.33. The Hall–Kier alpha value is -1.34. The molecule has 26 heavy (non-hydrogen) atoms. The van der Waals surface area contributed by atoms with Crippen LogP contribution in [0, 0.1) is 18.7 Å². The molecule has 146 valence electrons. The number of rotatable bonds is 2. The van der Waals surface area contributed by atoms with Crippen molar-refractivity contribution in [3.05, 3.63) is 29.1 Å². The fraction of sp³-hybridized carbons (Fsp3) is 0.684. The molecule has 3 nitrogen and oxygen atoms in total. The van der Waals surface area contributed by atoms with Gasteiger partial charge < -0.3 is 16.4 Å². The summed E-state index contributed by atoms with van der Waals surface area (Å²) in [5, 5.41) is 0. The van der Waals surface area contributed by atoms with Crippen molar-refractivity contribution in [2.24, 2.45) is 17.4 Å². The summed E-state index contributed by atoms with van der Waals surface area (Å²) < 4.78 is 53.5. The first-order valence-corrected chi connectivity index (χ1v) is 9.27. The van der Waals surface area contributed by atoms with Crippen molar-refractivity contribution in [3.8, 4) is 0 Å². The predicted octanol–water partition coefficient (Wildman–Crippen LogP) is 3.97. The Labute approximate surface area is 151 Å². The Morgan fingerprint density at radius 3 is 2.19 bits per heavy atom. The highest BCUT2D eigenvalue weighted by molar-refractivity contribution is 5.54. The maximum absolute atomic E-state index is 15.0. The minimum absolute atomic E-state index is 0.00243. The van der Waals surface area contributed by atoms with Crippen LogP contribution in [-0.4, -0.2) is 25.3 Å². The molecule has 1 aliphatic heterocycles. The first-order valence-electron chi connectivity index (χ1n) is 9.27. The summed E-state index contributed by atoms with van der Waals surface area (Å²) in [6.07, 6.45) is -1.12. The van der Waals surface area contributed by atoms with Crippen molar-refractivity contribution in [3.63, 3.8) is 0 Å². The van der Waals surface area contributed by atoms with Crippen molar-refractivity contribution in [2.45, 2.75) is 63.2 Å². The van der Waals surface area contributed by atoms with E-state index in [-0.39, 0.29) is 37.8 Å². The van der Waals surface area contributed by atoms with E-state index in [1.165, 1.54) is 0 Å². The van der Waals surface area contributed by atoms with E-state index in [0.717, 1.165) is 18.4 Å². The van der Waals surface area contributed by atoms with Crippen molar-refractivity contribution < 1.29 is 17.6 Å². The van der Waals surface area contributed by atoms with Gasteiger partial charge in [0.1, 0.15) is 5.82 Å². The number of benzene rings is 1. The molecule has 1 aromatic rings. The van der Waals surface area contributed by atoms with Crippen molar-refractivity contribution >= 4 is 5.69 Å². The Bertz CT molecular complexity index is 643. The third-order valence-corrected chi connectivity index (χ3v) is 6.12. The highest BCUT2D eigenvalue weighted by Crippen LogP contribution is 2.40. The zero-order valence-electron chi connectivity index (χ0n) is 15.1. The topological polar surface area (TPSA) is 55.3 Å². The molecule has 0 bridgehead atoms. The van der Waals surface area contributed by atoms with Gasteiger partial charge in [0.25, 0.3) is 0 Å². The summed E-state index contributed by atoms with van der Waals surface area (Å²) >= 11 is 0. The molecule has 0 atom stereocenters. The van der Waals surface area contributed by atoms with Crippen molar-refractivity contribution in [1.82, 2.24) is 0 Å². The number of nitrogens with zero attached hydrogens (tertiary/aromatic N) is 1.